The van der Waals surface area contributed by atoms with Crippen LogP contribution < -0.4 is 11.1 Å². The van der Waals surface area contributed by atoms with Crippen molar-refractivity contribution in [2.75, 3.05) is 6.54 Å². The van der Waals surface area contributed by atoms with Crippen LogP contribution in [0, 0.1) is 17.4 Å². The lowest BCUT2D eigenvalue weighted by molar-refractivity contribution is -0.133. The number of nitrogens with one attached hydrogen (secondary N) is 2. The van der Waals surface area contributed by atoms with Crippen molar-refractivity contribution in [1.29, 1.82) is 5.53 Å². The maximum Gasteiger partial charge on any atom is 0.275 e. The van der Waals surface area contributed by atoms with Gasteiger partial charge in [-0.3, -0.25) is 14.6 Å². The van der Waals surface area contributed by atoms with Gasteiger partial charge in [0.2, 0.25) is 0 Å². The van der Waals surface area contributed by atoms with Crippen molar-refractivity contribution >= 4 is 46.6 Å². The molecule has 1 aliphatic heterocycles. The molecule has 2 aromatic rings. The molecule has 0 aromatic heterocycles. The molecule has 1 fully saturated rings. The molecule has 0 radical (unpaired) electrons. The average molecular weight is 627 g/mol. The SMILES string of the molecule is CCCCC[C@H](c1ccc(C(=O)NC/C(N)=N/N=N)cc1)N1C(=O)C(c2cc(Cl)cc(Cl)c2)=NC12CCC(C(C)C)CC2. The van der Waals surface area contributed by atoms with E-state index in [1.54, 1.807) is 30.3 Å². The number of hydrogen-bond donors (Lipinski definition) is 3. The summed E-state index contributed by atoms with van der Waals surface area (Å²) in [6.45, 7) is 6.68. The van der Waals surface area contributed by atoms with Crippen molar-refractivity contribution in [2.45, 2.75) is 83.8 Å². The molecule has 1 aliphatic carbocycles. The van der Waals surface area contributed by atoms with Crippen LogP contribution in [0.15, 0.2) is 57.8 Å². The first-order chi connectivity index (χ1) is 20.6. The van der Waals surface area contributed by atoms with Gasteiger partial charge in [0, 0.05) is 21.2 Å². The summed E-state index contributed by atoms with van der Waals surface area (Å²) in [5, 5.41) is 9.91. The van der Waals surface area contributed by atoms with Gasteiger partial charge in [0.15, 0.2) is 0 Å². The number of nitrogens with zero attached hydrogens (tertiary/aromatic N) is 4. The zero-order chi connectivity index (χ0) is 31.1. The molecule has 9 nitrogen and oxygen atoms in total. The number of rotatable bonds is 12. The minimum absolute atomic E-state index is 0.0155. The molecule has 0 saturated heterocycles. The Hall–Kier alpha value is -3.30. The van der Waals surface area contributed by atoms with Gasteiger partial charge in [0.05, 0.1) is 12.6 Å². The number of halogens is 2. The second-order valence-corrected chi connectivity index (χ2v) is 12.7. The molecule has 2 aliphatic rings. The molecule has 1 heterocycles. The van der Waals surface area contributed by atoms with E-state index < -0.39 is 5.66 Å². The van der Waals surface area contributed by atoms with E-state index >= 15 is 0 Å². The van der Waals surface area contributed by atoms with Crippen LogP contribution in [0.1, 0.15) is 99.7 Å². The molecule has 2 aromatic carbocycles. The fraction of sp³-hybridized carbons (Fsp3) is 0.500. The van der Waals surface area contributed by atoms with Crippen LogP contribution in [0.25, 0.3) is 0 Å². The number of carbonyl (C=O) groups excluding carboxylic acids is 2. The smallest absolute Gasteiger partial charge is 0.275 e. The van der Waals surface area contributed by atoms with Gasteiger partial charge >= 0.3 is 0 Å². The molecule has 1 spiro atoms. The summed E-state index contributed by atoms with van der Waals surface area (Å²) < 4.78 is 0. The number of amidine groups is 1. The summed E-state index contributed by atoms with van der Waals surface area (Å²) in [5.74, 6) is 0.770. The minimum Gasteiger partial charge on any atom is -0.384 e. The highest BCUT2D eigenvalue weighted by atomic mass is 35.5. The van der Waals surface area contributed by atoms with E-state index in [0.717, 1.165) is 56.9 Å². The first-order valence-corrected chi connectivity index (χ1v) is 15.8. The number of hydrogen-bond acceptors (Lipinski definition) is 5. The lowest BCUT2D eigenvalue weighted by atomic mass is 9.76. The Balaban J connectivity index is 1.70. The standard InChI is InChI=1S/C32H41Cl2N7O2/c1-4-5-6-7-27(22-8-10-23(11-9-22)30(42)37-19-28(35)39-40-36)41-31(43)29(24-16-25(33)18-26(34)17-24)38-32(41)14-12-21(13-15-32)20(2)3/h8-11,16-18,20-21,27H,4-7,12-15,19H2,1-3H3,(H,37,42)(H3,35,36,39)/t21?,27-,32?/m1/s1. The van der Waals surface area contributed by atoms with E-state index in [2.05, 4.69) is 36.4 Å². The summed E-state index contributed by atoms with van der Waals surface area (Å²) >= 11 is 12.7. The van der Waals surface area contributed by atoms with Crippen LogP contribution in [-0.2, 0) is 4.79 Å². The van der Waals surface area contributed by atoms with Gasteiger partial charge in [-0.1, -0.05) is 80.6 Å². The lowest BCUT2D eigenvalue weighted by Gasteiger charge is -2.46. The number of amides is 2. The third kappa shape index (κ3) is 7.62. The van der Waals surface area contributed by atoms with Gasteiger partial charge in [0.1, 0.15) is 17.2 Å². The third-order valence-corrected chi connectivity index (χ3v) is 9.09. The topological polar surface area (TPSA) is 136 Å². The normalized spacial score (nSPS) is 21.3. The third-order valence-electron chi connectivity index (χ3n) is 8.66. The molecule has 1 atom stereocenters. The Morgan fingerprint density at radius 3 is 2.37 bits per heavy atom. The molecular weight excluding hydrogens is 585 g/mol. The predicted octanol–water partition coefficient (Wildman–Crippen LogP) is 7.52. The summed E-state index contributed by atoms with van der Waals surface area (Å²) in [6.07, 6.45) is 7.41. The van der Waals surface area contributed by atoms with Gasteiger partial charge in [-0.15, -0.1) is 5.10 Å². The number of benzene rings is 2. The van der Waals surface area contributed by atoms with Crippen LogP contribution in [0.4, 0.5) is 0 Å². The van der Waals surface area contributed by atoms with E-state index in [1.807, 2.05) is 17.0 Å². The summed E-state index contributed by atoms with van der Waals surface area (Å²) in [6, 6.07) is 12.3. The largest absolute Gasteiger partial charge is 0.384 e. The number of carbonyl (C=O) groups is 2. The van der Waals surface area contributed by atoms with Crippen LogP contribution in [-0.4, -0.2) is 40.5 Å². The van der Waals surface area contributed by atoms with Gasteiger partial charge in [-0.25, -0.2) is 0 Å². The van der Waals surface area contributed by atoms with Crippen molar-refractivity contribution in [3.05, 3.63) is 69.2 Å². The summed E-state index contributed by atoms with van der Waals surface area (Å²) in [7, 11) is 0. The zero-order valence-corrected chi connectivity index (χ0v) is 26.6. The molecule has 1 saturated carbocycles. The second-order valence-electron chi connectivity index (χ2n) is 11.9. The molecule has 230 valence electrons. The van der Waals surface area contributed by atoms with Gasteiger partial charge < -0.3 is 16.0 Å². The molecule has 4 rings (SSSR count). The first-order valence-electron chi connectivity index (χ1n) is 15.1. The molecule has 0 bridgehead atoms. The summed E-state index contributed by atoms with van der Waals surface area (Å²) in [5.41, 5.74) is 14.2. The van der Waals surface area contributed by atoms with Crippen molar-refractivity contribution in [2.24, 2.45) is 32.9 Å². The Morgan fingerprint density at radius 2 is 1.79 bits per heavy atom. The van der Waals surface area contributed by atoms with E-state index in [0.29, 0.717) is 38.7 Å². The van der Waals surface area contributed by atoms with Gasteiger partial charge in [-0.2, -0.15) is 5.53 Å². The Labute approximate surface area is 263 Å². The fourth-order valence-corrected chi connectivity index (χ4v) is 6.83. The Kier molecular flexibility index (Phi) is 11.0. The van der Waals surface area contributed by atoms with E-state index in [-0.39, 0.29) is 30.2 Å². The number of unbranched alkanes of at least 4 members (excludes halogenated alkanes) is 2. The minimum atomic E-state index is -0.653. The fourth-order valence-electron chi connectivity index (χ4n) is 6.31. The van der Waals surface area contributed by atoms with Crippen LogP contribution >= 0.6 is 23.2 Å². The van der Waals surface area contributed by atoms with E-state index in [1.165, 1.54) is 0 Å². The van der Waals surface area contributed by atoms with Crippen molar-refractivity contribution < 1.29 is 9.59 Å². The van der Waals surface area contributed by atoms with Crippen molar-refractivity contribution in [3.63, 3.8) is 0 Å². The molecule has 2 amide bonds. The maximum absolute atomic E-state index is 14.4. The first kappa shape index (κ1) is 32.6. The van der Waals surface area contributed by atoms with Gasteiger partial charge in [0.25, 0.3) is 11.8 Å². The highest BCUT2D eigenvalue weighted by molar-refractivity contribution is 6.47. The number of aliphatic imine (C=N–C) groups is 1. The maximum atomic E-state index is 14.4. The lowest BCUT2D eigenvalue weighted by Crippen LogP contribution is -2.51. The highest BCUT2D eigenvalue weighted by Gasteiger charge is 2.52. The molecule has 11 heteroatoms. The predicted molar refractivity (Wildman–Crippen MR) is 172 cm³/mol. The molecular formula is C32H41Cl2N7O2. The van der Waals surface area contributed by atoms with Crippen molar-refractivity contribution in [1.82, 2.24) is 10.2 Å². The van der Waals surface area contributed by atoms with E-state index in [9.17, 15) is 9.59 Å². The van der Waals surface area contributed by atoms with Crippen LogP contribution in [0.5, 0.6) is 0 Å². The average Bonchev–Trinajstić information content (AvgIpc) is 3.25. The highest BCUT2D eigenvalue weighted by Crippen LogP contribution is 2.48. The molecule has 4 N–H and O–H groups in total. The van der Waals surface area contributed by atoms with Gasteiger partial charge in [-0.05, 0) is 79.8 Å². The summed E-state index contributed by atoms with van der Waals surface area (Å²) in [4.78, 5) is 34.4. The van der Waals surface area contributed by atoms with Crippen LogP contribution in [0.2, 0.25) is 10.0 Å². The molecule has 0 unspecified atom stereocenters. The molecule has 43 heavy (non-hydrogen) atoms. The Morgan fingerprint density at radius 1 is 1.14 bits per heavy atom. The Bertz CT molecular complexity index is 1360. The van der Waals surface area contributed by atoms with Crippen LogP contribution in [0.3, 0.4) is 0 Å². The number of nitrogens with two attached hydrogens (primary N) is 1. The van der Waals surface area contributed by atoms with E-state index in [4.69, 9.17) is 39.5 Å². The quantitative estimate of drug-likeness (QED) is 0.0739. The zero-order valence-electron chi connectivity index (χ0n) is 25.1. The van der Waals surface area contributed by atoms with Crippen molar-refractivity contribution in [3.8, 4) is 0 Å². The monoisotopic (exact) mass is 625 g/mol. The second kappa shape index (κ2) is 14.4.